The highest BCUT2D eigenvalue weighted by Crippen LogP contribution is 2.19. The summed E-state index contributed by atoms with van der Waals surface area (Å²) in [5.41, 5.74) is -1.81. The maximum atomic E-state index is 11.9. The first kappa shape index (κ1) is 18.8. The van der Waals surface area contributed by atoms with Crippen molar-refractivity contribution in [2.75, 3.05) is 6.61 Å². The Labute approximate surface area is 143 Å². The monoisotopic (exact) mass is 357 g/mol. The topological polar surface area (TPSA) is 85.6 Å². The summed E-state index contributed by atoms with van der Waals surface area (Å²) in [4.78, 5) is 23.6. The van der Waals surface area contributed by atoms with E-state index in [9.17, 15) is 9.59 Å². The van der Waals surface area contributed by atoms with E-state index in [0.29, 0.717) is 5.02 Å². The number of hydrogen-bond donors (Lipinski definition) is 0. The fraction of sp³-hybridized carbons (Fsp3) is 0.267. The lowest BCUT2D eigenvalue weighted by Gasteiger charge is -2.17. The van der Waals surface area contributed by atoms with Crippen molar-refractivity contribution in [3.8, 4) is 11.8 Å². The summed E-state index contributed by atoms with van der Waals surface area (Å²) in [6, 6.07) is 7.73. The molecule has 0 amide bonds. The van der Waals surface area contributed by atoms with Crippen molar-refractivity contribution < 1.29 is 23.8 Å². The highest BCUT2D eigenvalue weighted by molar-refractivity contribution is 6.30. The summed E-state index contributed by atoms with van der Waals surface area (Å²) in [6.45, 7) is 4.97. The van der Waals surface area contributed by atoms with Crippen molar-refractivity contribution in [1.82, 2.24) is 0 Å². The third kappa shape index (κ3) is 5.81. The van der Waals surface area contributed by atoms with E-state index in [1.54, 1.807) is 25.1 Å². The molecule has 2 unspecified atom stereocenters. The Morgan fingerprint density at radius 1 is 1.30 bits per heavy atom. The van der Waals surface area contributed by atoms with Gasteiger partial charge in [-0.15, -0.1) is 0 Å². The Balaban J connectivity index is 2.73. The molecule has 2 atom stereocenters. The molecule has 6 nitrogen and oxygen atoms in total. The maximum Gasteiger partial charge on any atom is 0.364 e. The third-order valence-corrected chi connectivity index (χ3v) is 2.95. The van der Waals surface area contributed by atoms with Crippen LogP contribution in [0.5, 0.6) is 5.75 Å². The van der Waals surface area contributed by atoms with Crippen molar-refractivity contribution >= 4 is 35.1 Å². The highest BCUT2D eigenvalue weighted by atomic mass is 35.5. The second-order valence-electron chi connectivity index (χ2n) is 4.09. The van der Waals surface area contributed by atoms with Crippen LogP contribution in [0, 0.1) is 11.3 Å². The van der Waals surface area contributed by atoms with Gasteiger partial charge in [0.05, 0.1) is 18.2 Å². The van der Waals surface area contributed by atoms with Gasteiger partial charge < -0.3 is 14.2 Å². The molecular formula is C15H13Cl2NO5. The molecule has 0 heterocycles. The quantitative estimate of drug-likeness (QED) is 0.423. The number of nitrogens with zero attached hydrogens (tertiary/aromatic N) is 1. The number of carbonyl (C=O) groups is 2. The first-order chi connectivity index (χ1) is 10.9. The average molecular weight is 358 g/mol. The number of ether oxygens (including phenoxy) is 3. The first-order valence-electron chi connectivity index (χ1n) is 6.41. The van der Waals surface area contributed by atoms with Gasteiger partial charge in [0, 0.05) is 5.02 Å². The molecule has 23 heavy (non-hydrogen) atoms. The average Bonchev–Trinajstić information content (AvgIpc) is 2.53. The van der Waals surface area contributed by atoms with Gasteiger partial charge in [-0.05, 0) is 31.2 Å². The van der Waals surface area contributed by atoms with Crippen LogP contribution >= 0.6 is 23.2 Å². The molecule has 0 aliphatic rings. The standard InChI is InChI=1S/C15H13Cl2NO5/c1-3-21-14(19)12(9(2)8-18)23-15(20)13(17)22-11-6-4-10(16)5-7-11/h4-7,12-13H,2-3H2,1H3. The summed E-state index contributed by atoms with van der Waals surface area (Å²) in [6.07, 6.45) is -1.57. The normalized spacial score (nSPS) is 12.4. The van der Waals surface area contributed by atoms with Crippen molar-refractivity contribution in [2.45, 2.75) is 18.6 Å². The minimum Gasteiger partial charge on any atom is -0.463 e. The Hall–Kier alpha value is -2.23. The van der Waals surface area contributed by atoms with Crippen LogP contribution in [0.15, 0.2) is 36.4 Å². The Morgan fingerprint density at radius 3 is 2.43 bits per heavy atom. The molecule has 1 aromatic carbocycles. The highest BCUT2D eigenvalue weighted by Gasteiger charge is 2.31. The van der Waals surface area contributed by atoms with Gasteiger partial charge in [-0.1, -0.05) is 29.8 Å². The molecule has 0 bridgehead atoms. The van der Waals surface area contributed by atoms with E-state index in [4.69, 9.17) is 42.7 Å². The molecule has 1 rings (SSSR count). The zero-order valence-corrected chi connectivity index (χ0v) is 13.6. The van der Waals surface area contributed by atoms with Crippen LogP contribution in [0.2, 0.25) is 5.02 Å². The van der Waals surface area contributed by atoms with Crippen molar-refractivity contribution in [2.24, 2.45) is 0 Å². The summed E-state index contributed by atoms with van der Waals surface area (Å²) < 4.78 is 14.7. The van der Waals surface area contributed by atoms with Gasteiger partial charge in [-0.3, -0.25) is 0 Å². The number of esters is 2. The number of halogens is 2. The van der Waals surface area contributed by atoms with Crippen LogP contribution in [0.1, 0.15) is 6.92 Å². The van der Waals surface area contributed by atoms with Gasteiger partial charge in [-0.2, -0.15) is 5.26 Å². The van der Waals surface area contributed by atoms with Gasteiger partial charge in [0.2, 0.25) is 6.10 Å². The molecule has 0 N–H and O–H groups in total. The molecule has 0 aliphatic heterocycles. The molecule has 0 fully saturated rings. The fourth-order valence-corrected chi connectivity index (χ4v) is 1.67. The van der Waals surface area contributed by atoms with Crippen molar-refractivity contribution in [3.63, 3.8) is 0 Å². The van der Waals surface area contributed by atoms with E-state index in [2.05, 4.69) is 6.58 Å². The smallest absolute Gasteiger partial charge is 0.364 e. The minimum atomic E-state index is -1.57. The van der Waals surface area contributed by atoms with Gasteiger partial charge in [0.15, 0.2) is 0 Å². The molecule has 1 aromatic rings. The predicted octanol–water partition coefficient (Wildman–Crippen LogP) is 2.84. The first-order valence-corrected chi connectivity index (χ1v) is 7.22. The lowest BCUT2D eigenvalue weighted by molar-refractivity contribution is -0.166. The van der Waals surface area contributed by atoms with Crippen molar-refractivity contribution in [1.29, 1.82) is 5.26 Å². The number of nitriles is 1. The Bertz CT molecular complexity index is 624. The lowest BCUT2D eigenvalue weighted by atomic mass is 10.2. The molecule has 0 saturated heterocycles. The number of carbonyl (C=O) groups excluding carboxylic acids is 2. The maximum absolute atomic E-state index is 11.9. The van der Waals surface area contributed by atoms with Gasteiger partial charge in [0.25, 0.3) is 5.56 Å². The Kier molecular flexibility index (Phi) is 7.39. The molecule has 0 aliphatic carbocycles. The number of alkyl halides is 1. The third-order valence-electron chi connectivity index (χ3n) is 2.43. The summed E-state index contributed by atoms with van der Waals surface area (Å²) in [5.74, 6) is -1.70. The zero-order valence-electron chi connectivity index (χ0n) is 12.1. The predicted molar refractivity (Wildman–Crippen MR) is 83.0 cm³/mol. The number of rotatable bonds is 7. The lowest BCUT2D eigenvalue weighted by Crippen LogP contribution is -2.35. The molecule has 8 heteroatoms. The second-order valence-corrected chi connectivity index (χ2v) is 4.93. The van der Waals surface area contributed by atoms with E-state index in [0.717, 1.165) is 0 Å². The van der Waals surface area contributed by atoms with Gasteiger partial charge in [0.1, 0.15) is 5.75 Å². The van der Waals surface area contributed by atoms with E-state index in [1.807, 2.05) is 0 Å². The summed E-state index contributed by atoms with van der Waals surface area (Å²) >= 11 is 11.5. The fourth-order valence-electron chi connectivity index (χ4n) is 1.39. The van der Waals surface area contributed by atoms with E-state index in [1.165, 1.54) is 12.1 Å². The summed E-state index contributed by atoms with van der Waals surface area (Å²) in [7, 11) is 0. The van der Waals surface area contributed by atoms with Crippen LogP contribution in [-0.2, 0) is 19.1 Å². The molecule has 122 valence electrons. The number of hydrogen-bond acceptors (Lipinski definition) is 6. The molecule has 0 aromatic heterocycles. The van der Waals surface area contributed by atoms with E-state index < -0.39 is 23.6 Å². The minimum absolute atomic E-state index is 0.0527. The van der Waals surface area contributed by atoms with Crippen LogP contribution in [-0.4, -0.2) is 30.2 Å². The molecule has 0 spiro atoms. The van der Waals surface area contributed by atoms with Crippen LogP contribution < -0.4 is 4.74 Å². The molecule has 0 saturated carbocycles. The molecule has 0 radical (unpaired) electrons. The summed E-state index contributed by atoms with van der Waals surface area (Å²) in [5, 5.41) is 9.29. The van der Waals surface area contributed by atoms with Crippen LogP contribution in [0.3, 0.4) is 0 Å². The van der Waals surface area contributed by atoms with Gasteiger partial charge in [-0.25, -0.2) is 9.59 Å². The van der Waals surface area contributed by atoms with Gasteiger partial charge >= 0.3 is 11.9 Å². The largest absolute Gasteiger partial charge is 0.463 e. The van der Waals surface area contributed by atoms with Crippen LogP contribution in [0.4, 0.5) is 0 Å². The Morgan fingerprint density at radius 2 is 1.91 bits per heavy atom. The number of benzene rings is 1. The van der Waals surface area contributed by atoms with E-state index >= 15 is 0 Å². The van der Waals surface area contributed by atoms with Crippen LogP contribution in [0.25, 0.3) is 0 Å². The van der Waals surface area contributed by atoms with Crippen molar-refractivity contribution in [3.05, 3.63) is 41.4 Å². The van der Waals surface area contributed by atoms with E-state index in [-0.39, 0.29) is 17.9 Å². The second kappa shape index (κ2) is 9.03. The molecular weight excluding hydrogens is 345 g/mol. The zero-order chi connectivity index (χ0) is 17.4. The SMILES string of the molecule is C=C(C#N)C(OC(=O)C(Cl)Oc1ccc(Cl)cc1)C(=O)OCC.